The van der Waals surface area contributed by atoms with Crippen LogP contribution in [-0.4, -0.2) is 48.5 Å². The second-order valence-corrected chi connectivity index (χ2v) is 4.37. The van der Waals surface area contributed by atoms with E-state index in [-0.39, 0.29) is 0 Å². The number of ether oxygens (including phenoxy) is 1. The van der Waals surface area contributed by atoms with Crippen molar-refractivity contribution in [2.45, 2.75) is 44.2 Å². The molecule has 0 aromatic rings. The van der Waals surface area contributed by atoms with Gasteiger partial charge in [0.1, 0.15) is 0 Å². The number of nitrogens with zero attached hydrogens (tertiary/aromatic N) is 1. The summed E-state index contributed by atoms with van der Waals surface area (Å²) in [4.78, 5) is 2.52. The maximum Gasteiger partial charge on any atom is 0.0730 e. The summed E-state index contributed by atoms with van der Waals surface area (Å²) in [5.41, 5.74) is 0. The lowest BCUT2D eigenvalue weighted by molar-refractivity contribution is -0.0888. The third-order valence-corrected chi connectivity index (χ3v) is 3.45. The summed E-state index contributed by atoms with van der Waals surface area (Å²) in [5, 5.41) is 8.84. The van der Waals surface area contributed by atoms with Gasteiger partial charge in [0.15, 0.2) is 0 Å². The predicted octanol–water partition coefficient (Wildman–Crippen LogP) is 1.01. The van der Waals surface area contributed by atoms with Gasteiger partial charge in [0.2, 0.25) is 0 Å². The van der Waals surface area contributed by atoms with Crippen LogP contribution in [0.15, 0.2) is 0 Å². The molecule has 3 nitrogen and oxygen atoms in total. The van der Waals surface area contributed by atoms with Crippen LogP contribution in [0.25, 0.3) is 0 Å². The van der Waals surface area contributed by atoms with Gasteiger partial charge >= 0.3 is 0 Å². The Morgan fingerprint density at radius 1 is 1.29 bits per heavy atom. The SMILES string of the molecule is OCCCN1CCOC2CCCCC21. The lowest BCUT2D eigenvalue weighted by atomic mass is 9.90. The van der Waals surface area contributed by atoms with Crippen LogP contribution in [0.3, 0.4) is 0 Å². The molecule has 0 bridgehead atoms. The lowest BCUT2D eigenvalue weighted by Crippen LogP contribution is -2.52. The van der Waals surface area contributed by atoms with E-state index in [2.05, 4.69) is 4.90 Å². The van der Waals surface area contributed by atoms with Crippen molar-refractivity contribution in [1.29, 1.82) is 0 Å². The molecule has 2 unspecified atom stereocenters. The molecule has 82 valence electrons. The predicted molar refractivity (Wildman–Crippen MR) is 55.3 cm³/mol. The molecule has 0 amide bonds. The molecule has 0 radical (unpaired) electrons. The molecule has 1 saturated carbocycles. The number of rotatable bonds is 3. The van der Waals surface area contributed by atoms with Gasteiger partial charge in [-0.25, -0.2) is 0 Å². The van der Waals surface area contributed by atoms with Crippen LogP contribution in [0, 0.1) is 0 Å². The minimum atomic E-state index is 0.314. The van der Waals surface area contributed by atoms with Gasteiger partial charge in [-0.2, -0.15) is 0 Å². The fourth-order valence-corrected chi connectivity index (χ4v) is 2.73. The maximum atomic E-state index is 8.84. The summed E-state index contributed by atoms with van der Waals surface area (Å²) in [6, 6.07) is 0.643. The summed E-state index contributed by atoms with van der Waals surface area (Å²) in [5.74, 6) is 0. The summed E-state index contributed by atoms with van der Waals surface area (Å²) in [6.45, 7) is 3.30. The molecule has 0 aromatic heterocycles. The van der Waals surface area contributed by atoms with E-state index in [0.29, 0.717) is 18.8 Å². The molecule has 1 aliphatic carbocycles. The van der Waals surface area contributed by atoms with E-state index in [0.717, 1.165) is 26.1 Å². The minimum absolute atomic E-state index is 0.314. The maximum absolute atomic E-state index is 8.84. The van der Waals surface area contributed by atoms with E-state index in [1.807, 2.05) is 0 Å². The second kappa shape index (κ2) is 5.10. The van der Waals surface area contributed by atoms with Crippen LogP contribution in [-0.2, 0) is 4.74 Å². The van der Waals surface area contributed by atoms with E-state index in [4.69, 9.17) is 9.84 Å². The first kappa shape index (κ1) is 10.4. The van der Waals surface area contributed by atoms with E-state index in [1.165, 1.54) is 25.7 Å². The first-order chi connectivity index (χ1) is 6.92. The summed E-state index contributed by atoms with van der Waals surface area (Å²) in [6.07, 6.45) is 6.59. The van der Waals surface area contributed by atoms with Crippen LogP contribution in [0.1, 0.15) is 32.1 Å². The Balaban J connectivity index is 1.88. The standard InChI is InChI=1S/C11H21NO2/c13-8-3-6-12-7-9-14-11-5-2-1-4-10(11)12/h10-11,13H,1-9H2. The normalized spacial score (nSPS) is 34.1. The van der Waals surface area contributed by atoms with Crippen molar-refractivity contribution in [1.82, 2.24) is 4.90 Å². The molecular weight excluding hydrogens is 178 g/mol. The van der Waals surface area contributed by atoms with Crippen molar-refractivity contribution in [3.63, 3.8) is 0 Å². The summed E-state index contributed by atoms with van der Waals surface area (Å²) >= 11 is 0. The Bertz CT molecular complexity index is 173. The highest BCUT2D eigenvalue weighted by atomic mass is 16.5. The number of aliphatic hydroxyl groups excluding tert-OH is 1. The molecule has 2 fully saturated rings. The number of morpholine rings is 1. The molecule has 2 atom stereocenters. The number of hydrogen-bond acceptors (Lipinski definition) is 3. The molecule has 0 spiro atoms. The Labute approximate surface area is 86.0 Å². The molecule has 14 heavy (non-hydrogen) atoms. The van der Waals surface area contributed by atoms with Gasteiger partial charge in [-0.15, -0.1) is 0 Å². The average molecular weight is 199 g/mol. The van der Waals surface area contributed by atoms with E-state index >= 15 is 0 Å². The minimum Gasteiger partial charge on any atom is -0.396 e. The molecular formula is C11H21NO2. The van der Waals surface area contributed by atoms with Crippen molar-refractivity contribution >= 4 is 0 Å². The summed E-state index contributed by atoms with van der Waals surface area (Å²) < 4.78 is 5.79. The van der Waals surface area contributed by atoms with Gasteiger partial charge in [0, 0.05) is 25.7 Å². The zero-order valence-electron chi connectivity index (χ0n) is 8.82. The smallest absolute Gasteiger partial charge is 0.0730 e. The fourth-order valence-electron chi connectivity index (χ4n) is 2.73. The number of hydrogen-bond donors (Lipinski definition) is 1. The van der Waals surface area contributed by atoms with Gasteiger partial charge in [0.05, 0.1) is 12.7 Å². The average Bonchev–Trinajstić information content (AvgIpc) is 2.26. The van der Waals surface area contributed by atoms with Crippen LogP contribution in [0.2, 0.25) is 0 Å². The molecule has 1 saturated heterocycles. The zero-order chi connectivity index (χ0) is 9.80. The molecule has 0 aromatic carbocycles. The van der Waals surface area contributed by atoms with Crippen LogP contribution in [0.4, 0.5) is 0 Å². The summed E-state index contributed by atoms with van der Waals surface area (Å²) in [7, 11) is 0. The second-order valence-electron chi connectivity index (χ2n) is 4.37. The highest BCUT2D eigenvalue weighted by Crippen LogP contribution is 2.28. The Kier molecular flexibility index (Phi) is 3.79. The van der Waals surface area contributed by atoms with Gasteiger partial charge in [-0.05, 0) is 19.3 Å². The zero-order valence-corrected chi connectivity index (χ0v) is 8.82. The van der Waals surface area contributed by atoms with Crippen LogP contribution < -0.4 is 0 Å². The van der Waals surface area contributed by atoms with E-state index < -0.39 is 0 Å². The Morgan fingerprint density at radius 3 is 3.00 bits per heavy atom. The molecule has 1 N–H and O–H groups in total. The molecule has 2 rings (SSSR count). The Morgan fingerprint density at radius 2 is 2.14 bits per heavy atom. The number of fused-ring (bicyclic) bond motifs is 1. The van der Waals surface area contributed by atoms with Gasteiger partial charge in [-0.1, -0.05) is 12.8 Å². The van der Waals surface area contributed by atoms with Crippen molar-refractivity contribution in [3.05, 3.63) is 0 Å². The van der Waals surface area contributed by atoms with Crippen molar-refractivity contribution in [2.75, 3.05) is 26.3 Å². The third kappa shape index (κ3) is 2.27. The fraction of sp³-hybridized carbons (Fsp3) is 1.00. The lowest BCUT2D eigenvalue weighted by Gasteiger charge is -2.43. The Hall–Kier alpha value is -0.120. The van der Waals surface area contributed by atoms with E-state index in [9.17, 15) is 0 Å². The van der Waals surface area contributed by atoms with Crippen LogP contribution >= 0.6 is 0 Å². The van der Waals surface area contributed by atoms with Gasteiger partial charge in [0.25, 0.3) is 0 Å². The number of aliphatic hydroxyl groups is 1. The van der Waals surface area contributed by atoms with Gasteiger partial charge in [-0.3, -0.25) is 4.90 Å². The highest BCUT2D eigenvalue weighted by Gasteiger charge is 2.33. The largest absolute Gasteiger partial charge is 0.396 e. The highest BCUT2D eigenvalue weighted by molar-refractivity contribution is 4.87. The molecule has 2 aliphatic rings. The molecule has 1 aliphatic heterocycles. The topological polar surface area (TPSA) is 32.7 Å². The van der Waals surface area contributed by atoms with Crippen molar-refractivity contribution in [3.8, 4) is 0 Å². The van der Waals surface area contributed by atoms with Crippen molar-refractivity contribution in [2.24, 2.45) is 0 Å². The quantitative estimate of drug-likeness (QED) is 0.736. The van der Waals surface area contributed by atoms with E-state index in [1.54, 1.807) is 0 Å². The first-order valence-corrected chi connectivity index (χ1v) is 5.88. The van der Waals surface area contributed by atoms with Crippen molar-refractivity contribution < 1.29 is 9.84 Å². The third-order valence-electron chi connectivity index (χ3n) is 3.45. The monoisotopic (exact) mass is 199 g/mol. The van der Waals surface area contributed by atoms with Crippen LogP contribution in [0.5, 0.6) is 0 Å². The first-order valence-electron chi connectivity index (χ1n) is 5.88. The molecule has 1 heterocycles. The molecule has 3 heteroatoms. The van der Waals surface area contributed by atoms with Gasteiger partial charge < -0.3 is 9.84 Å².